The number of carbonyl (C=O) groups is 1. The van der Waals surface area contributed by atoms with Crippen LogP contribution in [0.2, 0.25) is 0 Å². The van der Waals surface area contributed by atoms with Crippen LogP contribution in [-0.4, -0.2) is 29.9 Å². The predicted octanol–water partition coefficient (Wildman–Crippen LogP) is 3.07. The molecule has 1 aromatic carbocycles. The number of amides is 2. The van der Waals surface area contributed by atoms with Gasteiger partial charge in [-0.05, 0) is 51.0 Å². The number of hydrogen-bond donors (Lipinski definition) is 3. The molecule has 0 saturated carbocycles. The third kappa shape index (κ3) is 5.27. The van der Waals surface area contributed by atoms with E-state index < -0.39 is 5.54 Å². The Labute approximate surface area is 126 Å². The van der Waals surface area contributed by atoms with E-state index in [4.69, 9.17) is 4.74 Å². The SMILES string of the molecule is CCCC(C)(CO)NC(=O)Nc1ccc(OCC)c(C)c1. The van der Waals surface area contributed by atoms with Gasteiger partial charge in [-0.1, -0.05) is 13.3 Å². The summed E-state index contributed by atoms with van der Waals surface area (Å²) in [7, 11) is 0. The maximum Gasteiger partial charge on any atom is 0.319 e. The molecule has 0 aliphatic carbocycles. The van der Waals surface area contributed by atoms with Crippen molar-refractivity contribution >= 4 is 11.7 Å². The van der Waals surface area contributed by atoms with E-state index in [1.807, 2.05) is 39.8 Å². The molecule has 0 aromatic heterocycles. The van der Waals surface area contributed by atoms with Crippen LogP contribution in [0.5, 0.6) is 5.75 Å². The molecule has 5 nitrogen and oxygen atoms in total. The highest BCUT2D eigenvalue weighted by atomic mass is 16.5. The summed E-state index contributed by atoms with van der Waals surface area (Å²) in [5, 5.41) is 15.0. The minimum absolute atomic E-state index is 0.0867. The second-order valence-electron chi connectivity index (χ2n) is 5.46. The third-order valence-corrected chi connectivity index (χ3v) is 3.30. The van der Waals surface area contributed by atoms with E-state index in [0.29, 0.717) is 12.3 Å². The third-order valence-electron chi connectivity index (χ3n) is 3.30. The molecule has 5 heteroatoms. The van der Waals surface area contributed by atoms with Crippen LogP contribution in [-0.2, 0) is 0 Å². The van der Waals surface area contributed by atoms with E-state index in [-0.39, 0.29) is 12.6 Å². The molecule has 0 aliphatic heterocycles. The lowest BCUT2D eigenvalue weighted by atomic mass is 9.98. The van der Waals surface area contributed by atoms with Crippen molar-refractivity contribution in [3.05, 3.63) is 23.8 Å². The van der Waals surface area contributed by atoms with Crippen molar-refractivity contribution in [1.29, 1.82) is 0 Å². The van der Waals surface area contributed by atoms with Crippen LogP contribution in [0.25, 0.3) is 0 Å². The largest absolute Gasteiger partial charge is 0.494 e. The molecule has 1 atom stereocenters. The van der Waals surface area contributed by atoms with Gasteiger partial charge >= 0.3 is 6.03 Å². The van der Waals surface area contributed by atoms with Crippen molar-refractivity contribution in [2.75, 3.05) is 18.5 Å². The first-order valence-corrected chi connectivity index (χ1v) is 7.37. The summed E-state index contributed by atoms with van der Waals surface area (Å²) in [4.78, 5) is 12.0. The summed E-state index contributed by atoms with van der Waals surface area (Å²) >= 11 is 0. The van der Waals surface area contributed by atoms with Crippen molar-refractivity contribution in [2.24, 2.45) is 0 Å². The summed E-state index contributed by atoms with van der Waals surface area (Å²) in [6.07, 6.45) is 1.61. The standard InChI is InChI=1S/C16H26N2O3/c1-5-9-16(4,11-19)18-15(20)17-13-7-8-14(21-6-2)12(3)10-13/h7-8,10,19H,5-6,9,11H2,1-4H3,(H2,17,18,20). The van der Waals surface area contributed by atoms with Crippen LogP contribution in [0.4, 0.5) is 10.5 Å². The van der Waals surface area contributed by atoms with Crippen molar-refractivity contribution in [3.8, 4) is 5.75 Å². The molecular weight excluding hydrogens is 268 g/mol. The first-order valence-electron chi connectivity index (χ1n) is 7.37. The number of carbonyl (C=O) groups excluding carboxylic acids is 1. The lowest BCUT2D eigenvalue weighted by Gasteiger charge is -2.28. The Hall–Kier alpha value is -1.75. The van der Waals surface area contributed by atoms with Crippen LogP contribution in [0.15, 0.2) is 18.2 Å². The lowest BCUT2D eigenvalue weighted by Crippen LogP contribution is -2.50. The summed E-state index contributed by atoms with van der Waals surface area (Å²) in [6.45, 7) is 8.24. The van der Waals surface area contributed by atoms with E-state index in [1.54, 1.807) is 6.07 Å². The molecule has 0 fully saturated rings. The number of anilines is 1. The van der Waals surface area contributed by atoms with Crippen LogP contribution >= 0.6 is 0 Å². The van der Waals surface area contributed by atoms with Gasteiger partial charge in [-0.2, -0.15) is 0 Å². The summed E-state index contributed by atoms with van der Waals surface area (Å²) in [6, 6.07) is 5.18. The number of aryl methyl sites for hydroxylation is 1. The molecule has 0 radical (unpaired) electrons. The van der Waals surface area contributed by atoms with Crippen molar-refractivity contribution in [3.63, 3.8) is 0 Å². The fourth-order valence-electron chi connectivity index (χ4n) is 2.21. The van der Waals surface area contributed by atoms with E-state index in [9.17, 15) is 9.90 Å². The molecule has 1 unspecified atom stereocenters. The quantitative estimate of drug-likeness (QED) is 0.724. The molecule has 0 spiro atoms. The van der Waals surface area contributed by atoms with Gasteiger partial charge in [0.15, 0.2) is 0 Å². The maximum atomic E-state index is 12.0. The van der Waals surface area contributed by atoms with Gasteiger partial charge in [-0.3, -0.25) is 0 Å². The van der Waals surface area contributed by atoms with Gasteiger partial charge in [-0.25, -0.2) is 4.79 Å². The Morgan fingerprint density at radius 3 is 2.62 bits per heavy atom. The zero-order chi connectivity index (χ0) is 15.9. The summed E-state index contributed by atoms with van der Waals surface area (Å²) in [5.74, 6) is 0.814. The van der Waals surface area contributed by atoms with Gasteiger partial charge in [-0.15, -0.1) is 0 Å². The van der Waals surface area contributed by atoms with Crippen molar-refractivity contribution in [2.45, 2.75) is 46.1 Å². The molecule has 1 rings (SSSR count). The molecule has 2 amide bonds. The van der Waals surface area contributed by atoms with Gasteiger partial charge in [0, 0.05) is 5.69 Å². The first-order chi connectivity index (χ1) is 9.94. The first kappa shape index (κ1) is 17.3. The van der Waals surface area contributed by atoms with Gasteiger partial charge in [0.25, 0.3) is 0 Å². The number of aliphatic hydroxyl groups is 1. The van der Waals surface area contributed by atoms with E-state index >= 15 is 0 Å². The highest BCUT2D eigenvalue weighted by Gasteiger charge is 2.24. The maximum absolute atomic E-state index is 12.0. The lowest BCUT2D eigenvalue weighted by molar-refractivity contribution is 0.167. The number of nitrogens with one attached hydrogen (secondary N) is 2. The highest BCUT2D eigenvalue weighted by Crippen LogP contribution is 2.22. The number of benzene rings is 1. The Balaban J connectivity index is 2.68. The second-order valence-corrected chi connectivity index (χ2v) is 5.46. The molecular formula is C16H26N2O3. The molecule has 0 aliphatic rings. The summed E-state index contributed by atoms with van der Waals surface area (Å²) in [5.41, 5.74) is 1.07. The normalized spacial score (nSPS) is 13.4. The van der Waals surface area contributed by atoms with Gasteiger partial charge in [0.1, 0.15) is 5.75 Å². The topological polar surface area (TPSA) is 70.6 Å². The fraction of sp³-hybridized carbons (Fsp3) is 0.562. The molecule has 118 valence electrons. The smallest absolute Gasteiger partial charge is 0.319 e. The van der Waals surface area contributed by atoms with Crippen LogP contribution in [0, 0.1) is 6.92 Å². The average Bonchev–Trinajstić information content (AvgIpc) is 2.42. The Morgan fingerprint density at radius 2 is 2.10 bits per heavy atom. The summed E-state index contributed by atoms with van der Waals surface area (Å²) < 4.78 is 5.47. The molecule has 21 heavy (non-hydrogen) atoms. The second kappa shape index (κ2) is 7.88. The molecule has 0 heterocycles. The van der Waals surface area contributed by atoms with Crippen LogP contribution < -0.4 is 15.4 Å². The fourth-order valence-corrected chi connectivity index (χ4v) is 2.21. The van der Waals surface area contributed by atoms with E-state index in [2.05, 4.69) is 10.6 Å². The van der Waals surface area contributed by atoms with Crippen LogP contribution in [0.3, 0.4) is 0 Å². The average molecular weight is 294 g/mol. The van der Waals surface area contributed by atoms with Crippen LogP contribution in [0.1, 0.15) is 39.2 Å². The zero-order valence-electron chi connectivity index (χ0n) is 13.3. The van der Waals surface area contributed by atoms with Crippen molar-refractivity contribution < 1.29 is 14.6 Å². The number of urea groups is 1. The molecule has 1 aromatic rings. The Kier molecular flexibility index (Phi) is 6.49. The monoisotopic (exact) mass is 294 g/mol. The Bertz CT molecular complexity index is 477. The molecule has 3 N–H and O–H groups in total. The predicted molar refractivity (Wildman–Crippen MR) is 84.9 cm³/mol. The van der Waals surface area contributed by atoms with Gasteiger partial charge in [0.05, 0.1) is 18.8 Å². The van der Waals surface area contributed by atoms with Gasteiger partial charge in [0.2, 0.25) is 0 Å². The number of aliphatic hydroxyl groups excluding tert-OH is 1. The number of hydrogen-bond acceptors (Lipinski definition) is 3. The minimum Gasteiger partial charge on any atom is -0.494 e. The highest BCUT2D eigenvalue weighted by molar-refractivity contribution is 5.90. The number of ether oxygens (including phenoxy) is 1. The van der Waals surface area contributed by atoms with E-state index in [1.165, 1.54) is 0 Å². The molecule has 0 bridgehead atoms. The van der Waals surface area contributed by atoms with Gasteiger partial charge < -0.3 is 20.5 Å². The Morgan fingerprint density at radius 1 is 1.38 bits per heavy atom. The molecule has 0 saturated heterocycles. The number of rotatable bonds is 7. The zero-order valence-corrected chi connectivity index (χ0v) is 13.3. The minimum atomic E-state index is -0.598. The van der Waals surface area contributed by atoms with Crippen molar-refractivity contribution in [1.82, 2.24) is 5.32 Å². The van der Waals surface area contributed by atoms with E-state index in [0.717, 1.165) is 24.2 Å².